The van der Waals surface area contributed by atoms with Crippen molar-refractivity contribution in [3.05, 3.63) is 47.5 Å². The van der Waals surface area contributed by atoms with Crippen molar-refractivity contribution in [2.45, 2.75) is 63.1 Å². The Hall–Kier alpha value is -3.85. The van der Waals surface area contributed by atoms with Crippen molar-refractivity contribution in [3.63, 3.8) is 0 Å². The zero-order valence-corrected chi connectivity index (χ0v) is 24.3. The number of hydrogen-bond donors (Lipinski definition) is 2. The Balaban J connectivity index is 1.23. The third-order valence-corrected chi connectivity index (χ3v) is 10.6. The van der Waals surface area contributed by atoms with Crippen LogP contribution in [-0.4, -0.2) is 56.6 Å². The van der Waals surface area contributed by atoms with Gasteiger partial charge in [-0.3, -0.25) is 9.59 Å². The minimum atomic E-state index is -0.195. The Bertz CT molecular complexity index is 1760. The highest BCUT2D eigenvalue weighted by Crippen LogP contribution is 2.46. The predicted molar refractivity (Wildman–Crippen MR) is 161 cm³/mol. The first-order chi connectivity index (χ1) is 20.3. The number of hydrogen-bond acceptors (Lipinski definition) is 5. The molecule has 3 saturated carbocycles. The highest BCUT2D eigenvalue weighted by Gasteiger charge is 2.47. The summed E-state index contributed by atoms with van der Waals surface area (Å²) in [6.45, 7) is 1.66. The van der Waals surface area contributed by atoms with Gasteiger partial charge in [0.05, 0.1) is 23.8 Å². The molecule has 3 aliphatic carbocycles. The zero-order chi connectivity index (χ0) is 28.9. The number of piperidine rings is 1. The molecule has 0 radical (unpaired) electrons. The number of aromatic nitrogens is 3. The van der Waals surface area contributed by atoms with Crippen LogP contribution in [0.2, 0.25) is 0 Å². The number of fused-ring (bicyclic) bond motifs is 4. The SMILES string of the molecule is COc1cc(C(=O)N2C[C@H]3CC[C@@H]2[C@@H]3N)cc2nc(-c3cc4cccc(C5CC(C(N)=O)C5)c4n3CC3CC3)n(C)c12. The van der Waals surface area contributed by atoms with Gasteiger partial charge >= 0.3 is 0 Å². The first-order valence-electron chi connectivity index (χ1n) is 15.3. The van der Waals surface area contributed by atoms with Gasteiger partial charge in [-0.05, 0) is 80.0 Å². The third kappa shape index (κ3) is 3.82. The lowest BCUT2D eigenvalue weighted by Crippen LogP contribution is -2.41. The number of rotatable bonds is 7. The van der Waals surface area contributed by atoms with E-state index in [4.69, 9.17) is 21.2 Å². The van der Waals surface area contributed by atoms with Crippen LogP contribution in [0.1, 0.15) is 60.4 Å². The van der Waals surface area contributed by atoms with E-state index in [9.17, 15) is 9.59 Å². The minimum Gasteiger partial charge on any atom is -0.494 e. The van der Waals surface area contributed by atoms with Crippen LogP contribution in [0.15, 0.2) is 36.4 Å². The number of para-hydroxylation sites is 1. The minimum absolute atomic E-state index is 0.00676. The van der Waals surface area contributed by atoms with Gasteiger partial charge in [-0.15, -0.1) is 0 Å². The third-order valence-electron chi connectivity index (χ3n) is 10.6. The number of nitrogens with two attached hydrogens (primary N) is 2. The quantitative estimate of drug-likeness (QED) is 0.348. The van der Waals surface area contributed by atoms with Gasteiger partial charge in [0.15, 0.2) is 5.82 Å². The van der Waals surface area contributed by atoms with Crippen molar-refractivity contribution in [3.8, 4) is 17.3 Å². The number of carbonyl (C=O) groups is 2. The standard InChI is InChI=1S/C33H38N6O3/c1-37-30-24(12-22(14-27(30)42-2)33(41)39-16-19-8-9-25(39)28(19)34)36-32(37)26-13-18-4-3-5-23(20-10-21(11-20)31(35)40)29(18)38(26)15-17-6-7-17/h3-5,12-14,17,19-21,25,28H,6-11,15-16,34H2,1-2H3,(H2,35,40)/t19-,20?,21?,25-,28-/m1/s1. The van der Waals surface area contributed by atoms with E-state index in [1.807, 2.05) is 24.1 Å². The largest absolute Gasteiger partial charge is 0.494 e. The summed E-state index contributed by atoms with van der Waals surface area (Å²) in [6, 6.07) is 12.7. The van der Waals surface area contributed by atoms with Crippen LogP contribution >= 0.6 is 0 Å². The molecule has 4 aliphatic rings. The fraction of sp³-hybridized carbons (Fsp3) is 0.485. The Morgan fingerprint density at radius 1 is 1.07 bits per heavy atom. The Morgan fingerprint density at radius 2 is 1.88 bits per heavy atom. The van der Waals surface area contributed by atoms with Crippen LogP contribution < -0.4 is 16.2 Å². The second-order valence-electron chi connectivity index (χ2n) is 13.1. The van der Waals surface area contributed by atoms with E-state index in [0.29, 0.717) is 29.1 Å². The summed E-state index contributed by atoms with van der Waals surface area (Å²) in [5.41, 5.74) is 17.8. The molecular formula is C33H38N6O3. The number of nitrogens with zero attached hydrogens (tertiary/aromatic N) is 4. The highest BCUT2D eigenvalue weighted by atomic mass is 16.5. The van der Waals surface area contributed by atoms with Crippen LogP contribution in [-0.2, 0) is 18.4 Å². The fourth-order valence-corrected chi connectivity index (χ4v) is 7.99. The van der Waals surface area contributed by atoms with E-state index in [1.54, 1.807) is 7.11 Å². The predicted octanol–water partition coefficient (Wildman–Crippen LogP) is 4.15. The number of likely N-dealkylation sites (tertiary alicyclic amines) is 1. The summed E-state index contributed by atoms with van der Waals surface area (Å²) in [4.78, 5) is 32.6. The van der Waals surface area contributed by atoms with E-state index in [1.165, 1.54) is 29.3 Å². The average Bonchev–Trinajstić information content (AvgIpc) is 3.34. The number of aryl methyl sites for hydroxylation is 1. The Morgan fingerprint density at radius 3 is 2.55 bits per heavy atom. The maximum atomic E-state index is 13.7. The summed E-state index contributed by atoms with van der Waals surface area (Å²) < 4.78 is 10.4. The molecular weight excluding hydrogens is 528 g/mol. The van der Waals surface area contributed by atoms with Gasteiger partial charge in [0.1, 0.15) is 11.3 Å². The van der Waals surface area contributed by atoms with E-state index in [0.717, 1.165) is 61.3 Å². The van der Waals surface area contributed by atoms with Crippen LogP contribution in [0.4, 0.5) is 0 Å². The second-order valence-corrected chi connectivity index (χ2v) is 13.1. The van der Waals surface area contributed by atoms with Gasteiger partial charge in [-0.25, -0.2) is 4.98 Å². The number of imidazole rings is 1. The first-order valence-corrected chi connectivity index (χ1v) is 15.3. The van der Waals surface area contributed by atoms with Crippen molar-refractivity contribution in [2.75, 3.05) is 13.7 Å². The van der Waals surface area contributed by atoms with Crippen molar-refractivity contribution in [2.24, 2.45) is 36.3 Å². The fourth-order valence-electron chi connectivity index (χ4n) is 7.99. The maximum absolute atomic E-state index is 13.7. The molecule has 2 aromatic heterocycles. The highest BCUT2D eigenvalue weighted by molar-refractivity contribution is 6.00. The van der Waals surface area contributed by atoms with Crippen LogP contribution in [0.25, 0.3) is 33.5 Å². The number of carbonyl (C=O) groups excluding carboxylic acids is 2. The molecule has 4 fully saturated rings. The second kappa shape index (κ2) is 9.33. The molecule has 0 spiro atoms. The lowest BCUT2D eigenvalue weighted by Gasteiger charge is -2.34. The number of primary amides is 1. The molecule has 2 amide bonds. The van der Waals surface area contributed by atoms with Gasteiger partial charge in [-0.1, -0.05) is 18.2 Å². The molecule has 218 valence electrons. The van der Waals surface area contributed by atoms with Gasteiger partial charge in [0.25, 0.3) is 5.91 Å². The number of ether oxygens (including phenoxy) is 1. The average molecular weight is 567 g/mol. The van der Waals surface area contributed by atoms with Crippen LogP contribution in [0, 0.1) is 17.8 Å². The Kier molecular flexibility index (Phi) is 5.74. The van der Waals surface area contributed by atoms with Gasteiger partial charge in [0, 0.05) is 49.1 Å². The van der Waals surface area contributed by atoms with Gasteiger partial charge in [0.2, 0.25) is 5.91 Å². The summed E-state index contributed by atoms with van der Waals surface area (Å²) in [7, 11) is 3.67. The van der Waals surface area contributed by atoms with E-state index >= 15 is 0 Å². The monoisotopic (exact) mass is 566 g/mol. The number of benzene rings is 2. The smallest absolute Gasteiger partial charge is 0.254 e. The first kappa shape index (κ1) is 25.8. The maximum Gasteiger partial charge on any atom is 0.254 e. The summed E-state index contributed by atoms with van der Waals surface area (Å²) in [6.07, 6.45) is 6.16. The molecule has 42 heavy (non-hydrogen) atoms. The molecule has 9 heteroatoms. The molecule has 4 N–H and O–H groups in total. The van der Waals surface area contributed by atoms with E-state index in [-0.39, 0.29) is 29.8 Å². The van der Waals surface area contributed by atoms with Gasteiger partial charge in [-0.2, -0.15) is 0 Å². The summed E-state index contributed by atoms with van der Waals surface area (Å²) in [5.74, 6) is 2.65. The molecule has 1 aliphatic heterocycles. The van der Waals surface area contributed by atoms with Crippen LogP contribution in [0.5, 0.6) is 5.75 Å². The van der Waals surface area contributed by atoms with Crippen molar-refractivity contribution in [1.82, 2.24) is 19.0 Å². The normalized spacial score (nSPS) is 26.7. The lowest BCUT2D eigenvalue weighted by molar-refractivity contribution is -0.124. The van der Waals surface area contributed by atoms with E-state index < -0.39 is 0 Å². The van der Waals surface area contributed by atoms with Crippen molar-refractivity contribution >= 4 is 33.8 Å². The van der Waals surface area contributed by atoms with Crippen molar-refractivity contribution in [1.29, 1.82) is 0 Å². The Labute approximate surface area is 244 Å². The molecule has 2 bridgehead atoms. The number of amides is 2. The van der Waals surface area contributed by atoms with E-state index in [2.05, 4.69) is 33.4 Å². The summed E-state index contributed by atoms with van der Waals surface area (Å²) >= 11 is 0. The molecule has 1 saturated heterocycles. The summed E-state index contributed by atoms with van der Waals surface area (Å²) in [5, 5.41) is 1.18. The molecule has 9 nitrogen and oxygen atoms in total. The molecule has 2 aromatic carbocycles. The topological polar surface area (TPSA) is 121 Å². The molecule has 8 rings (SSSR count). The zero-order valence-electron chi connectivity index (χ0n) is 24.3. The van der Waals surface area contributed by atoms with Gasteiger partial charge < -0.3 is 30.2 Å². The molecule has 3 heterocycles. The molecule has 4 aromatic rings. The molecule has 3 atom stereocenters. The van der Waals surface area contributed by atoms with Crippen molar-refractivity contribution < 1.29 is 14.3 Å². The van der Waals surface area contributed by atoms with Crippen LogP contribution in [0.3, 0.4) is 0 Å². The lowest BCUT2D eigenvalue weighted by atomic mass is 9.71. The number of methoxy groups -OCH3 is 1. The molecule has 0 unspecified atom stereocenters.